The fourth-order valence-corrected chi connectivity index (χ4v) is 1.25. The number of carbonyl (C=O) groups excluding carboxylic acids is 1. The van der Waals surface area contributed by atoms with Crippen molar-refractivity contribution in [3.05, 3.63) is 36.6 Å². The van der Waals surface area contributed by atoms with Crippen LogP contribution in [0.3, 0.4) is 0 Å². The van der Waals surface area contributed by atoms with Crippen molar-refractivity contribution in [1.82, 2.24) is 5.32 Å². The Bertz CT molecular complexity index is 340. The van der Waals surface area contributed by atoms with Crippen molar-refractivity contribution in [3.8, 4) is 0 Å². The monoisotopic (exact) mass is 179 g/mol. The van der Waals surface area contributed by atoms with E-state index in [0.717, 1.165) is 0 Å². The van der Waals surface area contributed by atoms with E-state index in [2.05, 4.69) is 5.32 Å². The van der Waals surface area contributed by atoms with Gasteiger partial charge in [-0.1, -0.05) is 12.1 Å². The van der Waals surface area contributed by atoms with Crippen LogP contribution in [0.25, 0.3) is 0 Å². The van der Waals surface area contributed by atoms with Crippen LogP contribution in [0.1, 0.15) is 0 Å². The highest BCUT2D eigenvalue weighted by atomic mass is 19.1. The van der Waals surface area contributed by atoms with E-state index in [4.69, 9.17) is 0 Å². The van der Waals surface area contributed by atoms with Crippen molar-refractivity contribution < 1.29 is 9.18 Å². The first-order chi connectivity index (χ1) is 6.29. The van der Waals surface area contributed by atoms with Crippen LogP contribution in [0.4, 0.5) is 14.9 Å². The Kier molecular flexibility index (Phi) is 1.88. The topological polar surface area (TPSA) is 32.3 Å². The number of amides is 2. The number of carbonyl (C=O) groups is 1. The van der Waals surface area contributed by atoms with Gasteiger partial charge in [0.25, 0.3) is 0 Å². The Labute approximate surface area is 75.2 Å². The summed E-state index contributed by atoms with van der Waals surface area (Å²) >= 11 is 0. The molecule has 0 unspecified atom stereocenters. The van der Waals surface area contributed by atoms with Crippen LogP contribution in [0.5, 0.6) is 0 Å². The zero-order valence-corrected chi connectivity index (χ0v) is 6.83. The average molecular weight is 179 g/mol. The summed E-state index contributed by atoms with van der Waals surface area (Å²) in [5, 5.41) is 2.56. The molecule has 2 rings (SSSR count). The molecule has 1 aliphatic rings. The van der Waals surface area contributed by atoms with Gasteiger partial charge in [-0.15, -0.1) is 0 Å². The maximum Gasteiger partial charge on any atom is 0.322 e. The molecule has 0 bridgehead atoms. The van der Waals surface area contributed by atoms with Gasteiger partial charge in [-0.3, -0.25) is 4.90 Å². The fraction of sp³-hybridized carbons (Fsp3) is 0.111. The van der Waals surface area contributed by atoms with E-state index >= 15 is 0 Å². The summed E-state index contributed by atoms with van der Waals surface area (Å²) in [7, 11) is 0. The summed E-state index contributed by atoms with van der Waals surface area (Å²) in [5.74, 6) is -0.393. The molecule has 0 spiro atoms. The van der Waals surface area contributed by atoms with Crippen molar-refractivity contribution in [2.75, 3.05) is 11.4 Å². The molecular weight excluding hydrogens is 171 g/mol. The van der Waals surface area contributed by atoms with Crippen molar-refractivity contribution >= 4 is 11.7 Å². The standard InChI is InChI=1S/C9H8FN2O/c10-7-3-1-2-4-8(7)12-6-5-11-9(12)13/h1-4,6H,5H2,(H,11,13). The maximum absolute atomic E-state index is 13.2. The van der Waals surface area contributed by atoms with E-state index in [-0.39, 0.29) is 11.7 Å². The number of nitrogens with zero attached hydrogens (tertiary/aromatic N) is 1. The summed E-state index contributed by atoms with van der Waals surface area (Å²) in [6, 6.07) is 5.89. The van der Waals surface area contributed by atoms with Crippen LogP contribution in [-0.2, 0) is 0 Å². The van der Waals surface area contributed by atoms with Gasteiger partial charge >= 0.3 is 6.03 Å². The quantitative estimate of drug-likeness (QED) is 0.696. The number of anilines is 1. The Balaban J connectivity index is 2.34. The molecule has 4 heteroatoms. The summed E-state index contributed by atoms with van der Waals surface area (Å²) in [4.78, 5) is 12.4. The van der Waals surface area contributed by atoms with Crippen LogP contribution in [0.2, 0.25) is 0 Å². The van der Waals surface area contributed by atoms with E-state index in [1.807, 2.05) is 0 Å². The molecule has 1 fully saturated rings. The Morgan fingerprint density at radius 2 is 2.15 bits per heavy atom. The van der Waals surface area contributed by atoms with Gasteiger partial charge < -0.3 is 5.32 Å². The molecule has 1 aromatic rings. The molecule has 67 valence electrons. The second-order valence-corrected chi connectivity index (χ2v) is 2.69. The SMILES string of the molecule is O=C1NC[CH]N1c1ccccc1F. The second kappa shape index (κ2) is 3.05. The van der Waals surface area contributed by atoms with Crippen molar-refractivity contribution in [1.29, 1.82) is 0 Å². The minimum absolute atomic E-state index is 0.287. The molecule has 0 aromatic heterocycles. The average Bonchev–Trinajstić information content (AvgIpc) is 2.52. The lowest BCUT2D eigenvalue weighted by molar-refractivity contribution is 0.252. The van der Waals surface area contributed by atoms with E-state index in [0.29, 0.717) is 6.54 Å². The Hall–Kier alpha value is -1.58. The van der Waals surface area contributed by atoms with E-state index in [9.17, 15) is 9.18 Å². The number of para-hydroxylation sites is 1. The number of urea groups is 1. The molecule has 2 amide bonds. The first-order valence-corrected chi connectivity index (χ1v) is 3.94. The molecule has 0 aliphatic carbocycles. The number of benzene rings is 1. The van der Waals surface area contributed by atoms with Crippen LogP contribution in [-0.4, -0.2) is 12.6 Å². The summed E-state index contributed by atoms with van der Waals surface area (Å²) in [5.41, 5.74) is 0.289. The first-order valence-electron chi connectivity index (χ1n) is 3.94. The summed E-state index contributed by atoms with van der Waals surface area (Å²) in [6.07, 6.45) is 0. The number of hydrogen-bond donors (Lipinski definition) is 1. The second-order valence-electron chi connectivity index (χ2n) is 2.69. The molecule has 0 saturated carbocycles. The normalized spacial score (nSPS) is 16.1. The van der Waals surface area contributed by atoms with Crippen LogP contribution < -0.4 is 10.2 Å². The third-order valence-corrected chi connectivity index (χ3v) is 1.86. The highest BCUT2D eigenvalue weighted by molar-refractivity contribution is 5.95. The molecule has 3 nitrogen and oxygen atoms in total. The lowest BCUT2D eigenvalue weighted by Crippen LogP contribution is -2.26. The van der Waals surface area contributed by atoms with E-state index in [1.165, 1.54) is 11.0 Å². The van der Waals surface area contributed by atoms with Crippen LogP contribution in [0, 0.1) is 12.4 Å². The van der Waals surface area contributed by atoms with Crippen LogP contribution >= 0.6 is 0 Å². The van der Waals surface area contributed by atoms with E-state index in [1.54, 1.807) is 24.7 Å². The van der Waals surface area contributed by atoms with Crippen molar-refractivity contribution in [3.63, 3.8) is 0 Å². The summed E-state index contributed by atoms with van der Waals surface area (Å²) in [6.45, 7) is 2.06. The Morgan fingerprint density at radius 3 is 2.77 bits per heavy atom. The number of nitrogens with one attached hydrogen (secondary N) is 1. The number of rotatable bonds is 1. The van der Waals surface area contributed by atoms with E-state index < -0.39 is 5.82 Å². The molecule has 1 aromatic carbocycles. The first kappa shape index (κ1) is 8.04. The summed E-state index contributed by atoms with van der Waals surface area (Å²) < 4.78 is 13.2. The number of halogens is 1. The van der Waals surface area contributed by atoms with Gasteiger partial charge in [0.1, 0.15) is 5.82 Å². The highest BCUT2D eigenvalue weighted by Crippen LogP contribution is 2.21. The predicted octanol–water partition coefficient (Wildman–Crippen LogP) is 1.52. The lowest BCUT2D eigenvalue weighted by Gasteiger charge is -2.13. The molecule has 1 aliphatic heterocycles. The van der Waals surface area contributed by atoms with Crippen molar-refractivity contribution in [2.45, 2.75) is 0 Å². The van der Waals surface area contributed by atoms with Gasteiger partial charge in [0.15, 0.2) is 0 Å². The molecule has 1 saturated heterocycles. The lowest BCUT2D eigenvalue weighted by atomic mass is 10.3. The molecule has 13 heavy (non-hydrogen) atoms. The third kappa shape index (κ3) is 1.35. The molecule has 1 N–H and O–H groups in total. The molecule has 1 heterocycles. The van der Waals surface area contributed by atoms with Gasteiger partial charge in [0.2, 0.25) is 0 Å². The predicted molar refractivity (Wildman–Crippen MR) is 46.6 cm³/mol. The molecule has 0 atom stereocenters. The minimum atomic E-state index is -0.393. The number of hydrogen-bond acceptors (Lipinski definition) is 1. The zero-order chi connectivity index (χ0) is 9.26. The minimum Gasteiger partial charge on any atom is -0.336 e. The van der Waals surface area contributed by atoms with Gasteiger partial charge in [-0.2, -0.15) is 0 Å². The molecular formula is C9H8FN2O. The molecule has 1 radical (unpaired) electrons. The van der Waals surface area contributed by atoms with Gasteiger partial charge in [0, 0.05) is 6.54 Å². The van der Waals surface area contributed by atoms with Crippen LogP contribution in [0.15, 0.2) is 24.3 Å². The highest BCUT2D eigenvalue weighted by Gasteiger charge is 2.23. The smallest absolute Gasteiger partial charge is 0.322 e. The zero-order valence-electron chi connectivity index (χ0n) is 6.83. The Morgan fingerprint density at radius 1 is 1.38 bits per heavy atom. The van der Waals surface area contributed by atoms with Gasteiger partial charge in [-0.05, 0) is 12.1 Å². The van der Waals surface area contributed by atoms with Crippen molar-refractivity contribution in [2.24, 2.45) is 0 Å². The van der Waals surface area contributed by atoms with Gasteiger partial charge in [-0.25, -0.2) is 9.18 Å². The maximum atomic E-state index is 13.2. The fourth-order valence-electron chi connectivity index (χ4n) is 1.25. The van der Waals surface area contributed by atoms with Gasteiger partial charge in [0.05, 0.1) is 12.2 Å². The largest absolute Gasteiger partial charge is 0.336 e. The third-order valence-electron chi connectivity index (χ3n) is 1.86.